The Kier molecular flexibility index (Phi) is 33.4. The number of nitrogens with one attached hydrogen (secondary N) is 1. The summed E-state index contributed by atoms with van der Waals surface area (Å²) in [6, 6.07) is -0.526. The number of amides is 1. The highest BCUT2D eigenvalue weighted by molar-refractivity contribution is 5.76. The molecule has 0 bridgehead atoms. The molecule has 246 valence electrons. The molecule has 0 aromatic carbocycles. The van der Waals surface area contributed by atoms with Gasteiger partial charge in [-0.15, -0.1) is 0 Å². The Morgan fingerprint density at radius 3 is 1.10 bits per heavy atom. The number of hydrogen-bond acceptors (Lipinski definition) is 3. The molecule has 4 heteroatoms. The Balaban J connectivity index is 3.41. The van der Waals surface area contributed by atoms with Gasteiger partial charge in [-0.2, -0.15) is 0 Å². The van der Waals surface area contributed by atoms with E-state index in [0.717, 1.165) is 25.7 Å². The number of carbonyl (C=O) groups excluding carboxylic acids is 1. The fourth-order valence-corrected chi connectivity index (χ4v) is 5.95. The molecule has 0 spiro atoms. The fourth-order valence-electron chi connectivity index (χ4n) is 5.95. The Morgan fingerprint density at radius 2 is 0.780 bits per heavy atom. The molecule has 4 nitrogen and oxygen atoms in total. The molecular weight excluding hydrogens is 506 g/mol. The van der Waals surface area contributed by atoms with Gasteiger partial charge in [0.25, 0.3) is 0 Å². The molecule has 0 rings (SSSR count). The number of carbonyl (C=O) groups is 1. The van der Waals surface area contributed by atoms with E-state index in [1.54, 1.807) is 0 Å². The van der Waals surface area contributed by atoms with Crippen LogP contribution in [0.15, 0.2) is 0 Å². The maximum Gasteiger partial charge on any atom is 0.220 e. The zero-order valence-electron chi connectivity index (χ0n) is 28.1. The van der Waals surface area contributed by atoms with Crippen LogP contribution in [-0.2, 0) is 4.79 Å². The maximum atomic E-state index is 12.2. The Labute approximate surface area is 257 Å². The molecule has 0 radical (unpaired) electrons. The van der Waals surface area contributed by atoms with E-state index in [1.165, 1.54) is 161 Å². The lowest BCUT2D eigenvalue weighted by Crippen LogP contribution is -2.45. The van der Waals surface area contributed by atoms with Gasteiger partial charge < -0.3 is 15.5 Å². The van der Waals surface area contributed by atoms with Crippen molar-refractivity contribution in [3.05, 3.63) is 0 Å². The quantitative estimate of drug-likeness (QED) is 0.0662. The van der Waals surface area contributed by atoms with Crippen LogP contribution in [0, 0.1) is 0 Å². The summed E-state index contributed by atoms with van der Waals surface area (Å²) in [7, 11) is 0. The van der Waals surface area contributed by atoms with Gasteiger partial charge in [0.2, 0.25) is 5.91 Å². The molecule has 2 atom stereocenters. The second-order valence-electron chi connectivity index (χ2n) is 13.0. The molecule has 0 aromatic rings. The third kappa shape index (κ3) is 30.6. The topological polar surface area (TPSA) is 69.6 Å². The van der Waals surface area contributed by atoms with Gasteiger partial charge in [0, 0.05) is 6.42 Å². The third-order valence-corrected chi connectivity index (χ3v) is 8.87. The summed E-state index contributed by atoms with van der Waals surface area (Å²) in [6.45, 7) is 4.32. The van der Waals surface area contributed by atoms with Crippen LogP contribution in [0.2, 0.25) is 0 Å². The summed E-state index contributed by atoms with van der Waals surface area (Å²) >= 11 is 0. The summed E-state index contributed by atoms with van der Waals surface area (Å²) in [6.07, 6.45) is 38.9. The summed E-state index contributed by atoms with van der Waals surface area (Å²) in [5.74, 6) is -0.0363. The van der Waals surface area contributed by atoms with E-state index in [1.807, 2.05) is 0 Å². The minimum absolute atomic E-state index is 0.0363. The molecular formula is C37H75NO3. The maximum absolute atomic E-state index is 12.2. The lowest BCUT2D eigenvalue weighted by Gasteiger charge is -2.22. The standard InChI is InChI=1S/C37H75NO3/c1-3-5-7-9-11-12-13-14-15-16-17-18-19-20-21-22-23-24-25-27-28-30-32-36(40)35(34-39)38-37(41)33-31-29-26-10-8-6-4-2/h35-36,39-40H,3-34H2,1-2H3,(H,38,41). The second-order valence-corrected chi connectivity index (χ2v) is 13.0. The lowest BCUT2D eigenvalue weighted by molar-refractivity contribution is -0.123. The first-order valence-electron chi connectivity index (χ1n) is 18.7. The number of aliphatic hydroxyl groups is 2. The Morgan fingerprint density at radius 1 is 0.488 bits per heavy atom. The van der Waals surface area contributed by atoms with E-state index >= 15 is 0 Å². The van der Waals surface area contributed by atoms with Crippen molar-refractivity contribution in [2.75, 3.05) is 6.61 Å². The molecule has 0 saturated heterocycles. The van der Waals surface area contributed by atoms with Crippen molar-refractivity contribution >= 4 is 5.91 Å². The molecule has 0 aliphatic carbocycles. The number of rotatable bonds is 34. The summed E-state index contributed by atoms with van der Waals surface area (Å²) < 4.78 is 0. The van der Waals surface area contributed by atoms with Crippen LogP contribution in [-0.4, -0.2) is 34.9 Å². The van der Waals surface area contributed by atoms with Crippen molar-refractivity contribution in [2.45, 2.75) is 225 Å². The van der Waals surface area contributed by atoms with E-state index in [-0.39, 0.29) is 12.5 Å². The van der Waals surface area contributed by atoms with Gasteiger partial charge in [0.05, 0.1) is 18.8 Å². The SMILES string of the molecule is CCCCCCCCCCCCCCCCCCCCCCCCC(O)C(CO)NC(=O)CCCCCCCCC. The minimum atomic E-state index is -0.650. The van der Waals surface area contributed by atoms with Crippen LogP contribution in [0.3, 0.4) is 0 Å². The number of hydrogen-bond donors (Lipinski definition) is 3. The highest BCUT2D eigenvalue weighted by Gasteiger charge is 2.19. The summed E-state index contributed by atoms with van der Waals surface area (Å²) in [4.78, 5) is 12.2. The van der Waals surface area contributed by atoms with Gasteiger partial charge in [-0.25, -0.2) is 0 Å². The highest BCUT2D eigenvalue weighted by Crippen LogP contribution is 2.16. The van der Waals surface area contributed by atoms with Crippen LogP contribution < -0.4 is 5.32 Å². The Bertz CT molecular complexity index is 512. The van der Waals surface area contributed by atoms with Gasteiger partial charge in [0.15, 0.2) is 0 Å². The van der Waals surface area contributed by atoms with Crippen molar-refractivity contribution in [3.8, 4) is 0 Å². The van der Waals surface area contributed by atoms with Gasteiger partial charge in [0.1, 0.15) is 0 Å². The monoisotopic (exact) mass is 582 g/mol. The first-order chi connectivity index (χ1) is 20.2. The molecule has 2 unspecified atom stereocenters. The van der Waals surface area contributed by atoms with Crippen molar-refractivity contribution in [2.24, 2.45) is 0 Å². The van der Waals surface area contributed by atoms with Gasteiger partial charge in [-0.3, -0.25) is 4.79 Å². The van der Waals surface area contributed by atoms with Gasteiger partial charge in [-0.05, 0) is 12.8 Å². The zero-order valence-corrected chi connectivity index (χ0v) is 28.1. The fraction of sp³-hybridized carbons (Fsp3) is 0.973. The van der Waals surface area contributed by atoms with Gasteiger partial charge in [-0.1, -0.05) is 194 Å². The normalized spacial score (nSPS) is 13.0. The van der Waals surface area contributed by atoms with Crippen molar-refractivity contribution in [1.82, 2.24) is 5.32 Å². The second kappa shape index (κ2) is 33.9. The van der Waals surface area contributed by atoms with E-state index in [2.05, 4.69) is 19.2 Å². The summed E-state index contributed by atoms with van der Waals surface area (Å²) in [5.41, 5.74) is 0. The molecule has 3 N–H and O–H groups in total. The predicted octanol–water partition coefficient (Wildman–Crippen LogP) is 11.0. The first kappa shape index (κ1) is 40.4. The van der Waals surface area contributed by atoms with Crippen molar-refractivity contribution in [3.63, 3.8) is 0 Å². The van der Waals surface area contributed by atoms with Crippen LogP contribution in [0.4, 0.5) is 0 Å². The number of aliphatic hydroxyl groups excluding tert-OH is 2. The van der Waals surface area contributed by atoms with Crippen LogP contribution in [0.1, 0.15) is 213 Å². The van der Waals surface area contributed by atoms with Crippen molar-refractivity contribution in [1.29, 1.82) is 0 Å². The minimum Gasteiger partial charge on any atom is -0.394 e. The summed E-state index contributed by atoms with van der Waals surface area (Å²) in [5, 5.41) is 22.9. The third-order valence-electron chi connectivity index (χ3n) is 8.87. The molecule has 1 amide bonds. The Hall–Kier alpha value is -0.610. The molecule has 0 aliphatic rings. The van der Waals surface area contributed by atoms with Crippen LogP contribution in [0.25, 0.3) is 0 Å². The number of unbranched alkanes of at least 4 members (excludes halogenated alkanes) is 27. The average Bonchev–Trinajstić information content (AvgIpc) is 2.97. The predicted molar refractivity (Wildman–Crippen MR) is 179 cm³/mol. The van der Waals surface area contributed by atoms with E-state index < -0.39 is 12.1 Å². The largest absolute Gasteiger partial charge is 0.394 e. The smallest absolute Gasteiger partial charge is 0.220 e. The highest BCUT2D eigenvalue weighted by atomic mass is 16.3. The molecule has 0 aromatic heterocycles. The molecule has 0 aliphatic heterocycles. The lowest BCUT2D eigenvalue weighted by atomic mass is 10.0. The van der Waals surface area contributed by atoms with Crippen molar-refractivity contribution < 1.29 is 15.0 Å². The molecule has 0 heterocycles. The molecule has 41 heavy (non-hydrogen) atoms. The van der Waals surface area contributed by atoms with Crippen LogP contribution >= 0.6 is 0 Å². The first-order valence-corrected chi connectivity index (χ1v) is 18.7. The van der Waals surface area contributed by atoms with E-state index in [0.29, 0.717) is 12.8 Å². The van der Waals surface area contributed by atoms with Crippen LogP contribution in [0.5, 0.6) is 0 Å². The van der Waals surface area contributed by atoms with E-state index in [9.17, 15) is 15.0 Å². The molecule has 0 saturated carbocycles. The average molecular weight is 582 g/mol. The van der Waals surface area contributed by atoms with Gasteiger partial charge >= 0.3 is 0 Å². The zero-order chi connectivity index (χ0) is 30.1. The molecule has 0 fully saturated rings. The van der Waals surface area contributed by atoms with E-state index in [4.69, 9.17) is 0 Å².